The average molecular weight is 882 g/mol. The summed E-state index contributed by atoms with van der Waals surface area (Å²) in [6.45, 7) is 0. The molecule has 14 rings (SSSR count). The molecule has 69 heavy (non-hydrogen) atoms. The molecule has 0 bridgehead atoms. The van der Waals surface area contributed by atoms with Crippen molar-refractivity contribution in [1.82, 2.24) is 24.1 Å². The largest absolute Gasteiger partial charge is 0.455 e. The normalized spacial score (nSPS) is 11.8. The SMILES string of the molecule is c1ccc(-c2cc(-c3ccccc3)cc(-n3c4ccccc4c4ccc5c6ccccc6n(-c6nc(-c7ccccc7)nc(-c7cccc8c7oc7cccc(-c9ccccc9)c78)n6)c5c43)c2)cc1. The highest BCUT2D eigenvalue weighted by Gasteiger charge is 2.25. The van der Waals surface area contributed by atoms with E-state index in [9.17, 15) is 0 Å². The Morgan fingerprint density at radius 1 is 0.319 bits per heavy atom. The van der Waals surface area contributed by atoms with Crippen molar-refractivity contribution in [3.63, 3.8) is 0 Å². The van der Waals surface area contributed by atoms with Gasteiger partial charge in [0.15, 0.2) is 11.6 Å². The number of aromatic nitrogens is 5. The van der Waals surface area contributed by atoms with Crippen molar-refractivity contribution in [3.8, 4) is 67.8 Å². The fraction of sp³-hybridized carbons (Fsp3) is 0. The molecule has 0 saturated carbocycles. The Bertz CT molecular complexity index is 4230. The maximum Gasteiger partial charge on any atom is 0.238 e. The molecule has 0 aliphatic heterocycles. The Labute approximate surface area is 396 Å². The number of nitrogens with zero attached hydrogens (tertiary/aromatic N) is 5. The lowest BCUT2D eigenvalue weighted by Crippen LogP contribution is -2.07. The molecular formula is C63H39N5O. The number of rotatable bonds is 7. The van der Waals surface area contributed by atoms with Gasteiger partial charge in [0.25, 0.3) is 0 Å². The second kappa shape index (κ2) is 15.6. The van der Waals surface area contributed by atoms with Gasteiger partial charge in [0.1, 0.15) is 11.2 Å². The van der Waals surface area contributed by atoms with Crippen molar-refractivity contribution in [1.29, 1.82) is 0 Å². The first kappa shape index (κ1) is 38.8. The van der Waals surface area contributed by atoms with Gasteiger partial charge in [0, 0.05) is 43.6 Å². The van der Waals surface area contributed by atoms with E-state index in [1.54, 1.807) is 0 Å². The van der Waals surface area contributed by atoms with Gasteiger partial charge in [-0.05, 0) is 75.8 Å². The van der Waals surface area contributed by atoms with E-state index in [1.165, 1.54) is 0 Å². The van der Waals surface area contributed by atoms with Crippen LogP contribution >= 0.6 is 0 Å². The Hall–Kier alpha value is -9.39. The second-order valence-electron chi connectivity index (χ2n) is 17.5. The number of furan rings is 1. The fourth-order valence-corrected chi connectivity index (χ4v) is 10.5. The van der Waals surface area contributed by atoms with Crippen LogP contribution in [0.3, 0.4) is 0 Å². The van der Waals surface area contributed by atoms with E-state index < -0.39 is 0 Å². The van der Waals surface area contributed by atoms with Crippen molar-refractivity contribution < 1.29 is 4.42 Å². The van der Waals surface area contributed by atoms with Gasteiger partial charge in [-0.15, -0.1) is 0 Å². The third-order valence-corrected chi connectivity index (χ3v) is 13.6. The molecule has 0 radical (unpaired) electrons. The van der Waals surface area contributed by atoms with Crippen LogP contribution in [0.2, 0.25) is 0 Å². The van der Waals surface area contributed by atoms with Crippen LogP contribution in [0.1, 0.15) is 0 Å². The Balaban J connectivity index is 1.09. The van der Waals surface area contributed by atoms with E-state index in [0.29, 0.717) is 17.6 Å². The first-order chi connectivity index (χ1) is 34.2. The highest BCUT2D eigenvalue weighted by molar-refractivity contribution is 6.24. The summed E-state index contributed by atoms with van der Waals surface area (Å²) < 4.78 is 11.5. The summed E-state index contributed by atoms with van der Waals surface area (Å²) in [4.78, 5) is 16.2. The summed E-state index contributed by atoms with van der Waals surface area (Å²) in [7, 11) is 0. The minimum Gasteiger partial charge on any atom is -0.455 e. The molecule has 0 fully saturated rings. The lowest BCUT2D eigenvalue weighted by atomic mass is 9.98. The Morgan fingerprint density at radius 3 is 1.45 bits per heavy atom. The zero-order valence-electron chi connectivity index (χ0n) is 37.2. The third kappa shape index (κ3) is 6.23. The first-order valence-corrected chi connectivity index (χ1v) is 23.3. The number of hydrogen-bond acceptors (Lipinski definition) is 4. The van der Waals surface area contributed by atoms with Gasteiger partial charge in [-0.2, -0.15) is 9.97 Å². The lowest BCUT2D eigenvalue weighted by Gasteiger charge is -2.16. The van der Waals surface area contributed by atoms with Crippen LogP contribution in [0.25, 0.3) is 133 Å². The van der Waals surface area contributed by atoms with Crippen molar-refractivity contribution >= 4 is 65.6 Å². The van der Waals surface area contributed by atoms with Crippen LogP contribution in [-0.4, -0.2) is 24.1 Å². The van der Waals surface area contributed by atoms with Gasteiger partial charge in [0.2, 0.25) is 5.95 Å². The van der Waals surface area contributed by atoms with Crippen LogP contribution in [0.15, 0.2) is 241 Å². The van der Waals surface area contributed by atoms with Crippen LogP contribution in [0, 0.1) is 0 Å². The molecule has 0 unspecified atom stereocenters. The van der Waals surface area contributed by atoms with Crippen LogP contribution in [0.5, 0.6) is 0 Å². The smallest absolute Gasteiger partial charge is 0.238 e. The number of fused-ring (bicyclic) bond motifs is 10. The van der Waals surface area contributed by atoms with E-state index in [2.05, 4.69) is 215 Å². The fourth-order valence-electron chi connectivity index (χ4n) is 10.5. The van der Waals surface area contributed by atoms with E-state index in [0.717, 1.165) is 116 Å². The quantitative estimate of drug-likeness (QED) is 0.160. The summed E-state index contributed by atoms with van der Waals surface area (Å²) in [5.41, 5.74) is 15.2. The summed E-state index contributed by atoms with van der Waals surface area (Å²) >= 11 is 0. The Kier molecular flexibility index (Phi) is 8.79. The maximum atomic E-state index is 6.85. The predicted octanol–water partition coefficient (Wildman–Crippen LogP) is 16.3. The molecule has 0 saturated heterocycles. The molecule has 10 aromatic carbocycles. The average Bonchev–Trinajstić information content (AvgIpc) is 4.10. The highest BCUT2D eigenvalue weighted by Crippen LogP contribution is 2.44. The second-order valence-corrected chi connectivity index (χ2v) is 17.5. The molecule has 6 nitrogen and oxygen atoms in total. The lowest BCUT2D eigenvalue weighted by molar-refractivity contribution is 0.669. The van der Waals surface area contributed by atoms with Crippen LogP contribution in [-0.2, 0) is 0 Å². The molecule has 0 aliphatic rings. The Morgan fingerprint density at radius 2 is 0.812 bits per heavy atom. The molecule has 0 spiro atoms. The summed E-state index contributed by atoms with van der Waals surface area (Å²) in [6, 6.07) is 83.4. The van der Waals surface area contributed by atoms with Gasteiger partial charge < -0.3 is 8.98 Å². The third-order valence-electron chi connectivity index (χ3n) is 13.6. The van der Waals surface area contributed by atoms with E-state index >= 15 is 0 Å². The maximum absolute atomic E-state index is 6.85. The number of hydrogen-bond donors (Lipinski definition) is 0. The molecule has 322 valence electrons. The van der Waals surface area contributed by atoms with Gasteiger partial charge in [-0.3, -0.25) is 4.57 Å². The predicted molar refractivity (Wildman–Crippen MR) is 283 cm³/mol. The van der Waals surface area contributed by atoms with Gasteiger partial charge in [-0.1, -0.05) is 194 Å². The highest BCUT2D eigenvalue weighted by atomic mass is 16.3. The monoisotopic (exact) mass is 881 g/mol. The van der Waals surface area contributed by atoms with Crippen molar-refractivity contribution in [3.05, 3.63) is 237 Å². The molecule has 0 aliphatic carbocycles. The van der Waals surface area contributed by atoms with Gasteiger partial charge in [0.05, 0.1) is 27.6 Å². The van der Waals surface area contributed by atoms with E-state index in [1.807, 2.05) is 30.3 Å². The van der Waals surface area contributed by atoms with E-state index in [-0.39, 0.29) is 0 Å². The minimum atomic E-state index is 0.510. The van der Waals surface area contributed by atoms with Gasteiger partial charge >= 0.3 is 0 Å². The zero-order valence-corrected chi connectivity index (χ0v) is 37.2. The van der Waals surface area contributed by atoms with Crippen molar-refractivity contribution in [2.75, 3.05) is 0 Å². The molecule has 4 heterocycles. The van der Waals surface area contributed by atoms with Crippen molar-refractivity contribution in [2.24, 2.45) is 0 Å². The first-order valence-electron chi connectivity index (χ1n) is 23.3. The summed E-state index contributed by atoms with van der Waals surface area (Å²) in [6.07, 6.45) is 0. The van der Waals surface area contributed by atoms with Crippen molar-refractivity contribution in [2.45, 2.75) is 0 Å². The summed E-state index contributed by atoms with van der Waals surface area (Å²) in [5.74, 6) is 1.59. The number of benzene rings is 10. The molecule has 0 atom stereocenters. The topological polar surface area (TPSA) is 61.7 Å². The molecule has 0 N–H and O–H groups in total. The van der Waals surface area contributed by atoms with Gasteiger partial charge in [-0.25, -0.2) is 4.98 Å². The number of para-hydroxylation sites is 3. The molecule has 4 aromatic heterocycles. The standard InChI is InChI=1S/C63H39N5O/c1-5-19-40(20-6-1)44-37-45(41-21-7-2-8-22-41)39-46(38-44)67-54-32-15-13-27-48(54)50-35-36-51-49-28-14-16-33-55(49)68(59(51)58(50)67)63-65-61(43-25-11-4-12-26-43)64-62(66-63)53-31-17-30-52-57-47(42-23-9-3-10-24-42)29-18-34-56(57)69-60(52)53/h1-39H. The molecular weight excluding hydrogens is 843 g/mol. The molecule has 14 aromatic rings. The van der Waals surface area contributed by atoms with Crippen LogP contribution < -0.4 is 0 Å². The molecule has 0 amide bonds. The minimum absolute atomic E-state index is 0.510. The zero-order chi connectivity index (χ0) is 45.4. The van der Waals surface area contributed by atoms with E-state index in [4.69, 9.17) is 19.4 Å². The van der Waals surface area contributed by atoms with Crippen LogP contribution in [0.4, 0.5) is 0 Å². The summed E-state index contributed by atoms with van der Waals surface area (Å²) in [5, 5.41) is 6.55. The molecule has 6 heteroatoms.